The van der Waals surface area contributed by atoms with Crippen LogP contribution in [-0.4, -0.2) is 62.1 Å². The first-order valence-corrected chi connectivity index (χ1v) is 9.49. The molecule has 2 aliphatic heterocycles. The smallest absolute Gasteiger partial charge is 0.238 e. The fraction of sp³-hybridized carbons (Fsp3) is 0.650. The normalized spacial score (nSPS) is 24.1. The Labute approximate surface area is 151 Å². The van der Waals surface area contributed by atoms with Gasteiger partial charge in [0.15, 0.2) is 0 Å². The van der Waals surface area contributed by atoms with Crippen LogP contribution in [0, 0.1) is 5.41 Å². The van der Waals surface area contributed by atoms with Gasteiger partial charge in [-0.2, -0.15) is 0 Å². The molecular formula is C20H31N3O2. The SMILES string of the molecule is CCc1ccc(NC(=O)CN2CCC3(CCN(CC)C3)C2)cc1OC. The maximum absolute atomic E-state index is 12.4. The van der Waals surface area contributed by atoms with Gasteiger partial charge in [-0.25, -0.2) is 0 Å². The van der Waals surface area contributed by atoms with Crippen molar-refractivity contribution >= 4 is 11.6 Å². The van der Waals surface area contributed by atoms with Crippen LogP contribution in [0.1, 0.15) is 32.3 Å². The van der Waals surface area contributed by atoms with Crippen LogP contribution in [0.2, 0.25) is 0 Å². The minimum Gasteiger partial charge on any atom is -0.496 e. The summed E-state index contributed by atoms with van der Waals surface area (Å²) < 4.78 is 5.41. The Morgan fingerprint density at radius 3 is 2.56 bits per heavy atom. The molecule has 0 aromatic heterocycles. The maximum Gasteiger partial charge on any atom is 0.238 e. The number of amides is 1. The second-order valence-electron chi connectivity index (χ2n) is 7.51. The van der Waals surface area contributed by atoms with Crippen LogP contribution in [0.15, 0.2) is 18.2 Å². The number of likely N-dealkylation sites (tertiary alicyclic amines) is 2. The number of nitrogens with one attached hydrogen (secondary N) is 1. The Bertz CT molecular complexity index is 619. The third kappa shape index (κ3) is 4.15. The predicted molar refractivity (Wildman–Crippen MR) is 101 cm³/mol. The first-order chi connectivity index (χ1) is 12.1. The monoisotopic (exact) mass is 345 g/mol. The van der Waals surface area contributed by atoms with Gasteiger partial charge in [-0.15, -0.1) is 0 Å². The Morgan fingerprint density at radius 2 is 1.92 bits per heavy atom. The summed E-state index contributed by atoms with van der Waals surface area (Å²) in [6.45, 7) is 10.4. The molecule has 138 valence electrons. The number of methoxy groups -OCH3 is 1. The van der Waals surface area contributed by atoms with Crippen LogP contribution in [0.3, 0.4) is 0 Å². The molecule has 25 heavy (non-hydrogen) atoms. The molecule has 1 aromatic carbocycles. The van der Waals surface area contributed by atoms with E-state index in [9.17, 15) is 4.79 Å². The van der Waals surface area contributed by atoms with Gasteiger partial charge in [0, 0.05) is 24.8 Å². The first kappa shape index (κ1) is 18.2. The molecule has 2 saturated heterocycles. The van der Waals surface area contributed by atoms with Crippen molar-refractivity contribution in [2.75, 3.05) is 51.7 Å². The average Bonchev–Trinajstić information content (AvgIpc) is 3.21. The standard InChI is InChI=1S/C20H31N3O2/c1-4-16-6-7-17(12-18(16)25-3)21-19(24)13-23-11-9-20(15-23)8-10-22(5-2)14-20/h6-7,12H,4-5,8-11,13-15H2,1-3H3,(H,21,24). The van der Waals surface area contributed by atoms with Crippen molar-refractivity contribution in [3.05, 3.63) is 23.8 Å². The molecule has 0 bridgehead atoms. The molecule has 5 nitrogen and oxygen atoms in total. The van der Waals surface area contributed by atoms with Gasteiger partial charge < -0.3 is 15.0 Å². The fourth-order valence-corrected chi connectivity index (χ4v) is 4.31. The number of carbonyl (C=O) groups is 1. The van der Waals surface area contributed by atoms with E-state index >= 15 is 0 Å². The van der Waals surface area contributed by atoms with Gasteiger partial charge in [-0.3, -0.25) is 9.69 Å². The predicted octanol–water partition coefficient (Wildman–Crippen LogP) is 2.61. The average molecular weight is 345 g/mol. The lowest BCUT2D eigenvalue weighted by atomic mass is 9.86. The van der Waals surface area contributed by atoms with E-state index in [0.29, 0.717) is 12.0 Å². The van der Waals surface area contributed by atoms with E-state index in [2.05, 4.69) is 29.0 Å². The Kier molecular flexibility index (Phi) is 5.64. The van der Waals surface area contributed by atoms with Crippen LogP contribution >= 0.6 is 0 Å². The van der Waals surface area contributed by atoms with E-state index in [1.165, 1.54) is 25.9 Å². The van der Waals surface area contributed by atoms with Crippen molar-refractivity contribution in [2.45, 2.75) is 33.1 Å². The Morgan fingerprint density at radius 1 is 1.20 bits per heavy atom. The number of rotatable bonds is 6. The lowest BCUT2D eigenvalue weighted by Gasteiger charge is -2.24. The lowest BCUT2D eigenvalue weighted by Crippen LogP contribution is -2.35. The molecule has 1 aromatic rings. The number of nitrogens with zero attached hydrogens (tertiary/aromatic N) is 2. The van der Waals surface area contributed by atoms with Crippen LogP contribution < -0.4 is 10.1 Å². The number of aryl methyl sites for hydroxylation is 1. The highest BCUT2D eigenvalue weighted by molar-refractivity contribution is 5.92. The highest BCUT2D eigenvalue weighted by Crippen LogP contribution is 2.39. The molecule has 2 aliphatic rings. The van der Waals surface area contributed by atoms with Crippen molar-refractivity contribution in [1.82, 2.24) is 9.80 Å². The first-order valence-electron chi connectivity index (χ1n) is 9.49. The zero-order valence-corrected chi connectivity index (χ0v) is 15.8. The number of anilines is 1. The molecule has 1 atom stereocenters. The summed E-state index contributed by atoms with van der Waals surface area (Å²) in [7, 11) is 1.67. The summed E-state index contributed by atoms with van der Waals surface area (Å²) in [5.74, 6) is 0.903. The summed E-state index contributed by atoms with van der Waals surface area (Å²) in [6.07, 6.45) is 3.41. The van der Waals surface area contributed by atoms with Crippen LogP contribution in [0.25, 0.3) is 0 Å². The molecule has 2 fully saturated rings. The molecule has 1 amide bonds. The zero-order chi connectivity index (χ0) is 17.9. The van der Waals surface area contributed by atoms with E-state index in [1.54, 1.807) is 7.11 Å². The van der Waals surface area contributed by atoms with E-state index in [-0.39, 0.29) is 5.91 Å². The summed E-state index contributed by atoms with van der Waals surface area (Å²) >= 11 is 0. The van der Waals surface area contributed by atoms with Gasteiger partial charge in [0.2, 0.25) is 5.91 Å². The largest absolute Gasteiger partial charge is 0.496 e. The van der Waals surface area contributed by atoms with Crippen LogP contribution in [-0.2, 0) is 11.2 Å². The molecule has 1 spiro atoms. The van der Waals surface area contributed by atoms with Crippen molar-refractivity contribution in [3.63, 3.8) is 0 Å². The maximum atomic E-state index is 12.4. The van der Waals surface area contributed by atoms with E-state index in [1.807, 2.05) is 18.2 Å². The van der Waals surface area contributed by atoms with Gasteiger partial charge >= 0.3 is 0 Å². The number of hydrogen-bond donors (Lipinski definition) is 1. The van der Waals surface area contributed by atoms with Crippen molar-refractivity contribution in [2.24, 2.45) is 5.41 Å². The molecule has 0 aliphatic carbocycles. The van der Waals surface area contributed by atoms with E-state index in [4.69, 9.17) is 4.74 Å². The summed E-state index contributed by atoms with van der Waals surface area (Å²) in [6, 6.07) is 5.90. The van der Waals surface area contributed by atoms with E-state index < -0.39 is 0 Å². The number of carbonyl (C=O) groups excluding carboxylic acids is 1. The molecular weight excluding hydrogens is 314 g/mol. The van der Waals surface area contributed by atoms with Crippen LogP contribution in [0.4, 0.5) is 5.69 Å². The van der Waals surface area contributed by atoms with Crippen molar-refractivity contribution in [1.29, 1.82) is 0 Å². The van der Waals surface area contributed by atoms with Crippen molar-refractivity contribution < 1.29 is 9.53 Å². The summed E-state index contributed by atoms with van der Waals surface area (Å²) in [4.78, 5) is 17.3. The van der Waals surface area contributed by atoms with Gasteiger partial charge in [-0.05, 0) is 55.9 Å². The molecule has 1 unspecified atom stereocenters. The molecule has 3 rings (SSSR count). The Hall–Kier alpha value is -1.59. The minimum atomic E-state index is 0.0636. The van der Waals surface area contributed by atoms with Gasteiger partial charge in [0.25, 0.3) is 0 Å². The topological polar surface area (TPSA) is 44.8 Å². The lowest BCUT2D eigenvalue weighted by molar-refractivity contribution is -0.117. The van der Waals surface area contributed by atoms with Gasteiger partial charge in [0.1, 0.15) is 5.75 Å². The van der Waals surface area contributed by atoms with Crippen LogP contribution in [0.5, 0.6) is 5.75 Å². The zero-order valence-electron chi connectivity index (χ0n) is 15.8. The summed E-state index contributed by atoms with van der Waals surface area (Å²) in [5, 5.41) is 3.02. The summed E-state index contributed by atoms with van der Waals surface area (Å²) in [5.41, 5.74) is 2.39. The van der Waals surface area contributed by atoms with Crippen molar-refractivity contribution in [3.8, 4) is 5.75 Å². The Balaban J connectivity index is 1.53. The van der Waals surface area contributed by atoms with E-state index in [0.717, 1.165) is 43.1 Å². The fourth-order valence-electron chi connectivity index (χ4n) is 4.31. The number of ether oxygens (including phenoxy) is 1. The highest BCUT2D eigenvalue weighted by atomic mass is 16.5. The number of hydrogen-bond acceptors (Lipinski definition) is 4. The highest BCUT2D eigenvalue weighted by Gasteiger charge is 2.43. The second-order valence-corrected chi connectivity index (χ2v) is 7.51. The third-order valence-corrected chi connectivity index (χ3v) is 5.80. The molecule has 2 heterocycles. The molecule has 5 heteroatoms. The number of benzene rings is 1. The molecule has 1 N–H and O–H groups in total. The quantitative estimate of drug-likeness (QED) is 0.861. The minimum absolute atomic E-state index is 0.0636. The molecule has 0 saturated carbocycles. The third-order valence-electron chi connectivity index (χ3n) is 5.80. The van der Waals surface area contributed by atoms with Gasteiger partial charge in [-0.1, -0.05) is 19.9 Å². The second kappa shape index (κ2) is 7.75. The van der Waals surface area contributed by atoms with Gasteiger partial charge in [0.05, 0.1) is 13.7 Å². The molecule has 0 radical (unpaired) electrons.